The van der Waals surface area contributed by atoms with Gasteiger partial charge in [-0.05, 0) is 109 Å². The van der Waals surface area contributed by atoms with Crippen LogP contribution < -0.4 is 20.6 Å². The van der Waals surface area contributed by atoms with E-state index in [1.54, 1.807) is 0 Å². The molecule has 0 bridgehead atoms. The van der Waals surface area contributed by atoms with Crippen molar-refractivity contribution in [2.75, 3.05) is 9.71 Å². The van der Waals surface area contributed by atoms with Crippen LogP contribution in [0.15, 0.2) is 200 Å². The van der Waals surface area contributed by atoms with Crippen LogP contribution in [0, 0.1) is 6.92 Å². The molecule has 0 fully saturated rings. The van der Waals surface area contributed by atoms with E-state index >= 15 is 0 Å². The highest BCUT2D eigenvalue weighted by Crippen LogP contribution is 2.62. The van der Waals surface area contributed by atoms with Gasteiger partial charge in [0, 0.05) is 39.2 Å². The molecule has 4 aliphatic rings. The lowest BCUT2D eigenvalue weighted by Gasteiger charge is -2.53. The molecule has 0 saturated carbocycles. The fourth-order valence-electron chi connectivity index (χ4n) is 12.6. The Balaban J connectivity index is 1.20. The Labute approximate surface area is 390 Å². The molecule has 3 heterocycles. The van der Waals surface area contributed by atoms with E-state index in [2.05, 4.69) is 251 Å². The van der Waals surface area contributed by atoms with Gasteiger partial charge in [0.2, 0.25) is 0 Å². The zero-order chi connectivity index (χ0) is 44.7. The van der Waals surface area contributed by atoms with E-state index in [0.29, 0.717) is 0 Å². The Kier molecular flexibility index (Phi) is 8.18. The van der Waals surface area contributed by atoms with Crippen molar-refractivity contribution in [3.05, 3.63) is 245 Å². The fourth-order valence-corrected chi connectivity index (χ4v) is 12.6. The van der Waals surface area contributed by atoms with E-state index in [4.69, 9.17) is 0 Å². The zero-order valence-corrected chi connectivity index (χ0v) is 38.5. The second-order valence-corrected chi connectivity index (χ2v) is 20.5. The van der Waals surface area contributed by atoms with Crippen LogP contribution in [0.5, 0.6) is 0 Å². The van der Waals surface area contributed by atoms with Gasteiger partial charge in [0.25, 0.3) is 0 Å². The van der Waals surface area contributed by atoms with Crippen molar-refractivity contribution < 1.29 is 0 Å². The second kappa shape index (κ2) is 13.8. The average molecular weight is 847 g/mol. The largest absolute Gasteiger partial charge is 0.376 e. The summed E-state index contributed by atoms with van der Waals surface area (Å²) < 4.78 is 0. The maximum Gasteiger partial charge on any atom is 0.333 e. The molecule has 0 N–H and O–H groups in total. The third kappa shape index (κ3) is 5.14. The van der Waals surface area contributed by atoms with Gasteiger partial charge in [0.05, 0.1) is 16.8 Å². The lowest BCUT2D eigenvalue weighted by atomic mass is 9.41. The van der Waals surface area contributed by atoms with Crippen molar-refractivity contribution in [1.82, 2.24) is 0 Å². The van der Waals surface area contributed by atoms with Crippen molar-refractivity contribution in [1.29, 1.82) is 0 Å². The molecule has 9 aromatic carbocycles. The summed E-state index contributed by atoms with van der Waals surface area (Å²) in [6.07, 6.45) is 0. The minimum atomic E-state index is -0.561. The van der Waals surface area contributed by atoms with Gasteiger partial charge in [0.15, 0.2) is 0 Å². The van der Waals surface area contributed by atoms with E-state index in [1.807, 2.05) is 0 Å². The summed E-state index contributed by atoms with van der Waals surface area (Å²) in [5.41, 5.74) is 26.3. The lowest BCUT2D eigenvalue weighted by Crippen LogP contribution is -2.63. The van der Waals surface area contributed by atoms with Crippen LogP contribution in [-0.2, 0) is 16.2 Å². The van der Waals surface area contributed by atoms with Crippen molar-refractivity contribution >= 4 is 46.2 Å². The van der Waals surface area contributed by atoms with Gasteiger partial charge in [-0.15, -0.1) is 0 Å². The molecule has 1 aliphatic carbocycles. The standard InChI is InChI=1S/C63H51BN2/c1-40-37-48-45-28-20-31-52-59(45)66(55-32-19-18-30-50(55)63(52,42-23-12-8-13-24-42)43-25-14-9-15-26-43)64-53-35-34-51-57(46-27-16-17-29-49(46)62(51,5)6)60(53)65(56(38-40)58(48)64)54-36-33-44(61(2,3)4)39-47(54)41-21-10-7-11-22-41/h7-39H,1-6H3. The number of nitrogens with zero attached hydrogens (tertiary/aromatic N) is 2. The lowest BCUT2D eigenvalue weighted by molar-refractivity contribution is 0.590. The number of hydrogen-bond donors (Lipinski definition) is 0. The highest BCUT2D eigenvalue weighted by Gasteiger charge is 2.54. The predicted molar refractivity (Wildman–Crippen MR) is 278 cm³/mol. The number of aryl methyl sites for hydroxylation is 1. The molecule has 0 saturated heterocycles. The molecule has 3 aliphatic heterocycles. The summed E-state index contributed by atoms with van der Waals surface area (Å²) in [4.78, 5) is 5.44. The number of anilines is 5. The summed E-state index contributed by atoms with van der Waals surface area (Å²) in [7, 11) is 0. The maximum absolute atomic E-state index is 2.75. The van der Waals surface area contributed by atoms with Crippen LogP contribution in [0.25, 0.3) is 33.4 Å². The van der Waals surface area contributed by atoms with Crippen molar-refractivity contribution in [3.8, 4) is 33.4 Å². The maximum atomic E-state index is 2.75. The minimum Gasteiger partial charge on any atom is -0.376 e. The van der Waals surface area contributed by atoms with Crippen molar-refractivity contribution in [2.24, 2.45) is 0 Å². The molecule has 0 spiro atoms. The normalized spacial score (nSPS) is 15.3. The molecule has 9 aromatic rings. The highest BCUT2D eigenvalue weighted by atomic mass is 15.2. The van der Waals surface area contributed by atoms with E-state index in [0.717, 1.165) is 0 Å². The van der Waals surface area contributed by atoms with Gasteiger partial charge < -0.3 is 9.71 Å². The summed E-state index contributed by atoms with van der Waals surface area (Å²) >= 11 is 0. The molecule has 0 aromatic heterocycles. The second-order valence-electron chi connectivity index (χ2n) is 20.5. The van der Waals surface area contributed by atoms with Crippen LogP contribution >= 0.6 is 0 Å². The first kappa shape index (κ1) is 39.0. The Morgan fingerprint density at radius 3 is 1.79 bits per heavy atom. The van der Waals surface area contributed by atoms with E-state index < -0.39 is 5.41 Å². The third-order valence-corrected chi connectivity index (χ3v) is 15.5. The predicted octanol–water partition coefficient (Wildman–Crippen LogP) is 14.7. The van der Waals surface area contributed by atoms with Crippen LogP contribution in [0.1, 0.15) is 79.1 Å². The van der Waals surface area contributed by atoms with Crippen LogP contribution in [0.4, 0.5) is 28.4 Å². The molecule has 0 atom stereocenters. The third-order valence-electron chi connectivity index (χ3n) is 15.5. The van der Waals surface area contributed by atoms with E-state index in [1.165, 1.54) is 117 Å². The van der Waals surface area contributed by atoms with Gasteiger partial charge >= 0.3 is 6.85 Å². The summed E-state index contributed by atoms with van der Waals surface area (Å²) in [5.74, 6) is 0. The number of para-hydroxylation sites is 2. The van der Waals surface area contributed by atoms with E-state index in [9.17, 15) is 0 Å². The molecule has 0 amide bonds. The highest BCUT2D eigenvalue weighted by molar-refractivity contribution is 6.94. The van der Waals surface area contributed by atoms with Gasteiger partial charge in [-0.3, -0.25) is 0 Å². The number of benzene rings is 9. The van der Waals surface area contributed by atoms with Crippen molar-refractivity contribution in [3.63, 3.8) is 0 Å². The van der Waals surface area contributed by atoms with Crippen LogP contribution in [-0.4, -0.2) is 6.85 Å². The first-order valence-electron chi connectivity index (χ1n) is 23.6. The first-order valence-corrected chi connectivity index (χ1v) is 23.6. The molecule has 3 heteroatoms. The molecular weight excluding hydrogens is 796 g/mol. The smallest absolute Gasteiger partial charge is 0.333 e. The molecule has 2 nitrogen and oxygen atoms in total. The van der Waals surface area contributed by atoms with Gasteiger partial charge in [-0.25, -0.2) is 0 Å². The minimum absolute atomic E-state index is 0.0303. The number of fused-ring (bicyclic) bond motifs is 10. The number of hydrogen-bond acceptors (Lipinski definition) is 2. The zero-order valence-electron chi connectivity index (χ0n) is 38.5. The summed E-state index contributed by atoms with van der Waals surface area (Å²) in [6.45, 7) is 14.0. The molecule has 13 rings (SSSR count). The Bertz CT molecular complexity index is 3410. The first-order chi connectivity index (χ1) is 32.1. The molecular formula is C63H51BN2. The fraction of sp³-hybridized carbons (Fsp3) is 0.143. The van der Waals surface area contributed by atoms with E-state index in [-0.39, 0.29) is 17.7 Å². The van der Waals surface area contributed by atoms with Crippen LogP contribution in [0.3, 0.4) is 0 Å². The molecule has 316 valence electrons. The van der Waals surface area contributed by atoms with Crippen LogP contribution in [0.2, 0.25) is 0 Å². The van der Waals surface area contributed by atoms with Gasteiger partial charge in [0.1, 0.15) is 0 Å². The summed E-state index contributed by atoms with van der Waals surface area (Å²) in [6, 6.07) is 76.3. The Hall–Kier alpha value is -7.36. The van der Waals surface area contributed by atoms with Gasteiger partial charge in [-0.2, -0.15) is 0 Å². The Morgan fingerprint density at radius 1 is 0.455 bits per heavy atom. The average Bonchev–Trinajstić information content (AvgIpc) is 3.58. The molecule has 66 heavy (non-hydrogen) atoms. The SMILES string of the molecule is Cc1cc2c3c(c1)N(c1ccc(C(C)(C)C)cc1-c1ccccc1)c1c(ccc4c1-c1ccccc1C4(C)C)B3N1c3ccccc3C(c3ccccc3)(c3ccccc3)c3cccc-2c31. The van der Waals surface area contributed by atoms with Crippen molar-refractivity contribution in [2.45, 2.75) is 57.8 Å². The molecule has 0 unspecified atom stereocenters. The number of rotatable bonds is 4. The Morgan fingerprint density at radius 2 is 1.08 bits per heavy atom. The summed E-state index contributed by atoms with van der Waals surface area (Å²) in [5, 5.41) is 0. The topological polar surface area (TPSA) is 6.48 Å². The van der Waals surface area contributed by atoms with Gasteiger partial charge in [-0.1, -0.05) is 211 Å². The monoisotopic (exact) mass is 846 g/mol. The molecule has 0 radical (unpaired) electrons. The quantitative estimate of drug-likeness (QED) is 0.163.